The summed E-state index contributed by atoms with van der Waals surface area (Å²) in [5.41, 5.74) is -0.516. The van der Waals surface area contributed by atoms with Crippen molar-refractivity contribution in [2.24, 2.45) is 0 Å². The van der Waals surface area contributed by atoms with Crippen LogP contribution in [-0.2, 0) is 9.53 Å². The zero-order chi connectivity index (χ0) is 13.9. The van der Waals surface area contributed by atoms with Crippen molar-refractivity contribution in [1.29, 1.82) is 0 Å². The number of nitrogens with zero attached hydrogens (tertiary/aromatic N) is 1. The number of ether oxygens (including phenoxy) is 1. The molecule has 4 nitrogen and oxygen atoms in total. The second-order valence-corrected chi connectivity index (χ2v) is 6.01. The van der Waals surface area contributed by atoms with E-state index >= 15 is 0 Å². The first-order chi connectivity index (χ1) is 8.26. The number of carbonyl (C=O) groups excluding carboxylic acids is 2. The molecule has 1 aliphatic carbocycles. The predicted octanol–water partition coefficient (Wildman–Crippen LogP) is 3.14. The summed E-state index contributed by atoms with van der Waals surface area (Å²) in [5, 5.41) is 0. The third-order valence-electron chi connectivity index (χ3n) is 2.92. The lowest BCUT2D eigenvalue weighted by Crippen LogP contribution is -2.47. The second kappa shape index (κ2) is 5.72. The van der Waals surface area contributed by atoms with Crippen molar-refractivity contribution in [2.75, 3.05) is 0 Å². The average molecular weight is 255 g/mol. The fraction of sp³-hybridized carbons (Fsp3) is 0.857. The number of hydrogen-bond donors (Lipinski definition) is 0. The highest BCUT2D eigenvalue weighted by Crippen LogP contribution is 2.30. The molecule has 18 heavy (non-hydrogen) atoms. The minimum absolute atomic E-state index is 0.121. The maximum absolute atomic E-state index is 12.1. The van der Waals surface area contributed by atoms with Crippen molar-refractivity contribution < 1.29 is 14.3 Å². The van der Waals surface area contributed by atoms with E-state index in [9.17, 15) is 9.59 Å². The van der Waals surface area contributed by atoms with E-state index in [0.29, 0.717) is 6.42 Å². The maximum atomic E-state index is 12.1. The molecule has 0 spiro atoms. The molecular formula is C14H25NO3. The molecule has 1 fully saturated rings. The van der Waals surface area contributed by atoms with Crippen LogP contribution in [-0.4, -0.2) is 34.5 Å². The van der Waals surface area contributed by atoms with Gasteiger partial charge in [-0.1, -0.05) is 6.92 Å². The van der Waals surface area contributed by atoms with E-state index in [1.807, 2.05) is 27.7 Å². The third-order valence-corrected chi connectivity index (χ3v) is 2.92. The van der Waals surface area contributed by atoms with Crippen molar-refractivity contribution in [1.82, 2.24) is 4.90 Å². The SMILES string of the molecule is CCCC(=O)C(C)N(C(=O)OC(C)(C)C)C1CC1. The minimum atomic E-state index is -0.516. The molecule has 0 N–H and O–H groups in total. The molecule has 0 saturated heterocycles. The van der Waals surface area contributed by atoms with Crippen LogP contribution >= 0.6 is 0 Å². The van der Waals surface area contributed by atoms with E-state index < -0.39 is 5.60 Å². The maximum Gasteiger partial charge on any atom is 0.411 e. The van der Waals surface area contributed by atoms with Crippen molar-refractivity contribution in [3.8, 4) is 0 Å². The molecule has 1 unspecified atom stereocenters. The largest absolute Gasteiger partial charge is 0.444 e. The van der Waals surface area contributed by atoms with E-state index in [0.717, 1.165) is 19.3 Å². The van der Waals surface area contributed by atoms with Crippen LogP contribution in [0.3, 0.4) is 0 Å². The van der Waals surface area contributed by atoms with Crippen LogP contribution in [0.15, 0.2) is 0 Å². The Labute approximate surface area is 110 Å². The smallest absolute Gasteiger partial charge is 0.411 e. The van der Waals surface area contributed by atoms with Crippen LogP contribution in [0.5, 0.6) is 0 Å². The number of Topliss-reactive ketones (excluding diaryl/α,β-unsaturated/α-hetero) is 1. The molecule has 0 radical (unpaired) electrons. The number of carbonyl (C=O) groups is 2. The van der Waals surface area contributed by atoms with Crippen LogP contribution in [0, 0.1) is 0 Å². The fourth-order valence-electron chi connectivity index (χ4n) is 1.90. The Bertz CT molecular complexity index is 315. The Kier molecular flexibility index (Phi) is 4.77. The highest BCUT2D eigenvalue weighted by Gasteiger charge is 2.40. The van der Waals surface area contributed by atoms with Crippen LogP contribution in [0.1, 0.15) is 60.3 Å². The quantitative estimate of drug-likeness (QED) is 0.758. The van der Waals surface area contributed by atoms with Gasteiger partial charge in [-0.05, 0) is 47.0 Å². The van der Waals surface area contributed by atoms with Crippen molar-refractivity contribution in [3.63, 3.8) is 0 Å². The van der Waals surface area contributed by atoms with Crippen LogP contribution in [0.4, 0.5) is 4.79 Å². The van der Waals surface area contributed by atoms with Gasteiger partial charge in [0.2, 0.25) is 0 Å². The molecule has 0 aliphatic heterocycles. The molecule has 0 aromatic carbocycles. The monoisotopic (exact) mass is 255 g/mol. The fourth-order valence-corrected chi connectivity index (χ4v) is 1.90. The summed E-state index contributed by atoms with van der Waals surface area (Å²) in [6.07, 6.45) is 2.93. The zero-order valence-corrected chi connectivity index (χ0v) is 12.2. The van der Waals surface area contributed by atoms with Gasteiger partial charge in [-0.15, -0.1) is 0 Å². The summed E-state index contributed by atoms with van der Waals surface area (Å²) in [7, 11) is 0. The van der Waals surface area contributed by atoms with Crippen molar-refractivity contribution in [3.05, 3.63) is 0 Å². The number of rotatable bonds is 5. The Morgan fingerprint density at radius 1 is 1.33 bits per heavy atom. The lowest BCUT2D eigenvalue weighted by Gasteiger charge is -2.31. The lowest BCUT2D eigenvalue weighted by atomic mass is 10.1. The highest BCUT2D eigenvalue weighted by atomic mass is 16.6. The summed E-state index contributed by atoms with van der Waals surface area (Å²) < 4.78 is 5.39. The van der Waals surface area contributed by atoms with Gasteiger partial charge < -0.3 is 4.74 Å². The van der Waals surface area contributed by atoms with E-state index in [-0.39, 0.29) is 24.0 Å². The van der Waals surface area contributed by atoms with E-state index in [4.69, 9.17) is 4.74 Å². The summed E-state index contributed by atoms with van der Waals surface area (Å²) in [6, 6.07) is -0.178. The van der Waals surface area contributed by atoms with Crippen molar-refractivity contribution in [2.45, 2.75) is 78.0 Å². The normalized spacial score (nSPS) is 17.2. The summed E-state index contributed by atoms with van der Waals surface area (Å²) in [4.78, 5) is 25.7. The second-order valence-electron chi connectivity index (χ2n) is 6.01. The van der Waals surface area contributed by atoms with Gasteiger partial charge in [0.15, 0.2) is 5.78 Å². The summed E-state index contributed by atoms with van der Waals surface area (Å²) >= 11 is 0. The molecule has 104 valence electrons. The van der Waals surface area contributed by atoms with Gasteiger partial charge in [-0.3, -0.25) is 9.69 Å². The van der Waals surface area contributed by atoms with Gasteiger partial charge in [0.05, 0.1) is 6.04 Å². The Morgan fingerprint density at radius 2 is 1.89 bits per heavy atom. The molecule has 1 saturated carbocycles. The topological polar surface area (TPSA) is 46.6 Å². The van der Waals surface area contributed by atoms with Gasteiger partial charge in [-0.25, -0.2) is 4.79 Å². The van der Waals surface area contributed by atoms with E-state index in [2.05, 4.69) is 0 Å². The first-order valence-electron chi connectivity index (χ1n) is 6.80. The first kappa shape index (κ1) is 15.0. The van der Waals surface area contributed by atoms with Gasteiger partial charge in [0, 0.05) is 12.5 Å². The first-order valence-corrected chi connectivity index (χ1v) is 6.80. The minimum Gasteiger partial charge on any atom is -0.444 e. The molecule has 1 aliphatic rings. The lowest BCUT2D eigenvalue weighted by molar-refractivity contribution is -0.124. The molecule has 0 bridgehead atoms. The Morgan fingerprint density at radius 3 is 2.28 bits per heavy atom. The highest BCUT2D eigenvalue weighted by molar-refractivity contribution is 5.87. The summed E-state index contributed by atoms with van der Waals surface area (Å²) in [6.45, 7) is 9.30. The molecule has 1 rings (SSSR count). The van der Waals surface area contributed by atoms with Gasteiger partial charge in [0.1, 0.15) is 5.60 Å². The van der Waals surface area contributed by atoms with Crippen LogP contribution in [0.2, 0.25) is 0 Å². The third kappa shape index (κ3) is 4.31. The molecule has 0 aromatic heterocycles. The van der Waals surface area contributed by atoms with E-state index in [1.165, 1.54) is 0 Å². The van der Waals surface area contributed by atoms with Gasteiger partial charge in [-0.2, -0.15) is 0 Å². The Balaban J connectivity index is 2.70. The summed E-state index contributed by atoms with van der Waals surface area (Å²) in [5.74, 6) is 0.121. The predicted molar refractivity (Wildman–Crippen MR) is 70.5 cm³/mol. The number of hydrogen-bond acceptors (Lipinski definition) is 3. The molecule has 1 atom stereocenters. The van der Waals surface area contributed by atoms with Crippen LogP contribution in [0.25, 0.3) is 0 Å². The number of ketones is 1. The van der Waals surface area contributed by atoms with Crippen LogP contribution < -0.4 is 0 Å². The molecule has 0 aromatic rings. The molecule has 4 heteroatoms. The zero-order valence-electron chi connectivity index (χ0n) is 12.2. The van der Waals surface area contributed by atoms with E-state index in [1.54, 1.807) is 11.8 Å². The van der Waals surface area contributed by atoms with Crippen molar-refractivity contribution >= 4 is 11.9 Å². The standard InChI is InChI=1S/C14H25NO3/c1-6-7-12(16)10(2)15(11-8-9-11)13(17)18-14(3,4)5/h10-11H,6-9H2,1-5H3. The molecule has 0 heterocycles. The molecule has 1 amide bonds. The average Bonchev–Trinajstić information content (AvgIpc) is 2.99. The van der Waals surface area contributed by atoms with Gasteiger partial charge in [0.25, 0.3) is 0 Å². The molecular weight excluding hydrogens is 230 g/mol. The van der Waals surface area contributed by atoms with Gasteiger partial charge >= 0.3 is 6.09 Å². The Hall–Kier alpha value is -1.06. The number of amides is 1.